The van der Waals surface area contributed by atoms with E-state index in [9.17, 15) is 5.11 Å². The fourth-order valence-corrected chi connectivity index (χ4v) is 2.01. The monoisotopic (exact) mass is 219 g/mol. The van der Waals surface area contributed by atoms with E-state index in [-0.39, 0.29) is 0 Å². The molecule has 0 amide bonds. The van der Waals surface area contributed by atoms with Crippen LogP contribution < -0.4 is 0 Å². The third-order valence-corrected chi connectivity index (χ3v) is 2.76. The van der Waals surface area contributed by atoms with Crippen molar-refractivity contribution >= 4 is 10.9 Å². The number of benzene rings is 1. The molecule has 1 heterocycles. The van der Waals surface area contributed by atoms with Gasteiger partial charge in [0, 0.05) is 35.8 Å². The van der Waals surface area contributed by atoms with Crippen LogP contribution in [0.5, 0.6) is 5.75 Å². The number of nitrogens with zero attached hydrogens (tertiary/aromatic N) is 1. The zero-order chi connectivity index (χ0) is 11.7. The van der Waals surface area contributed by atoms with Crippen molar-refractivity contribution in [2.45, 2.75) is 26.5 Å². The number of phenols is 1. The van der Waals surface area contributed by atoms with Gasteiger partial charge in [0.2, 0.25) is 0 Å². The van der Waals surface area contributed by atoms with Crippen LogP contribution in [0, 0.1) is 0 Å². The normalized spacial score (nSPS) is 11.5. The van der Waals surface area contributed by atoms with E-state index in [2.05, 4.69) is 24.6 Å². The highest BCUT2D eigenvalue weighted by Crippen LogP contribution is 2.28. The standard InChI is InChI=1S/C13H17NO2/c1-9(2)14-7-10(8-16-3)12-6-11(15)4-5-13(12)14/h4-7,9,15H,8H2,1-3H3. The predicted molar refractivity (Wildman–Crippen MR) is 64.7 cm³/mol. The number of aromatic nitrogens is 1. The summed E-state index contributed by atoms with van der Waals surface area (Å²) < 4.78 is 7.37. The summed E-state index contributed by atoms with van der Waals surface area (Å²) in [6.07, 6.45) is 2.10. The van der Waals surface area contributed by atoms with Crippen molar-refractivity contribution in [2.24, 2.45) is 0 Å². The van der Waals surface area contributed by atoms with Crippen molar-refractivity contribution in [3.05, 3.63) is 30.0 Å². The van der Waals surface area contributed by atoms with Gasteiger partial charge in [0.05, 0.1) is 6.61 Å². The molecule has 0 radical (unpaired) electrons. The first-order valence-corrected chi connectivity index (χ1v) is 5.45. The lowest BCUT2D eigenvalue weighted by Crippen LogP contribution is -1.97. The van der Waals surface area contributed by atoms with Crippen LogP contribution >= 0.6 is 0 Å². The highest BCUT2D eigenvalue weighted by atomic mass is 16.5. The second kappa shape index (κ2) is 4.18. The Labute approximate surface area is 95.3 Å². The number of rotatable bonds is 3. The molecule has 0 aliphatic heterocycles. The summed E-state index contributed by atoms with van der Waals surface area (Å²) in [6.45, 7) is 4.85. The first kappa shape index (κ1) is 11.0. The third kappa shape index (κ3) is 1.78. The highest BCUT2D eigenvalue weighted by molar-refractivity contribution is 5.85. The topological polar surface area (TPSA) is 34.4 Å². The molecule has 0 aliphatic carbocycles. The number of hydrogen-bond donors (Lipinski definition) is 1. The van der Waals surface area contributed by atoms with E-state index >= 15 is 0 Å². The van der Waals surface area contributed by atoms with Gasteiger partial charge in [-0.15, -0.1) is 0 Å². The lowest BCUT2D eigenvalue weighted by atomic mass is 10.2. The smallest absolute Gasteiger partial charge is 0.116 e. The molecule has 2 rings (SSSR count). The number of ether oxygens (including phenoxy) is 1. The molecule has 0 aliphatic rings. The molecular formula is C13H17NO2. The van der Waals surface area contributed by atoms with Crippen LogP contribution in [0.2, 0.25) is 0 Å². The van der Waals surface area contributed by atoms with Crippen molar-refractivity contribution < 1.29 is 9.84 Å². The van der Waals surface area contributed by atoms with Crippen molar-refractivity contribution in [3.8, 4) is 5.75 Å². The molecule has 3 nitrogen and oxygen atoms in total. The van der Waals surface area contributed by atoms with Gasteiger partial charge in [-0.25, -0.2) is 0 Å². The Kier molecular flexibility index (Phi) is 2.88. The average Bonchev–Trinajstić information content (AvgIpc) is 2.58. The predicted octanol–water partition coefficient (Wildman–Crippen LogP) is 3.07. The molecular weight excluding hydrogens is 202 g/mol. The van der Waals surface area contributed by atoms with Gasteiger partial charge in [0.25, 0.3) is 0 Å². The molecule has 0 bridgehead atoms. The Morgan fingerprint density at radius 3 is 2.75 bits per heavy atom. The lowest BCUT2D eigenvalue weighted by Gasteiger charge is -2.08. The van der Waals surface area contributed by atoms with Crippen LogP contribution in [-0.2, 0) is 11.3 Å². The average molecular weight is 219 g/mol. The molecule has 1 aromatic carbocycles. The summed E-state index contributed by atoms with van der Waals surface area (Å²) in [4.78, 5) is 0. The number of aromatic hydroxyl groups is 1. The van der Waals surface area contributed by atoms with E-state index in [0.717, 1.165) is 16.5 Å². The third-order valence-electron chi connectivity index (χ3n) is 2.76. The molecule has 0 fully saturated rings. The molecule has 86 valence electrons. The van der Waals surface area contributed by atoms with Crippen LogP contribution in [0.4, 0.5) is 0 Å². The second-order valence-corrected chi connectivity index (χ2v) is 4.29. The fourth-order valence-electron chi connectivity index (χ4n) is 2.01. The van der Waals surface area contributed by atoms with Gasteiger partial charge in [-0.1, -0.05) is 0 Å². The van der Waals surface area contributed by atoms with Gasteiger partial charge < -0.3 is 14.4 Å². The van der Waals surface area contributed by atoms with Gasteiger partial charge in [-0.3, -0.25) is 0 Å². The Hall–Kier alpha value is -1.48. The highest BCUT2D eigenvalue weighted by Gasteiger charge is 2.10. The Morgan fingerprint density at radius 2 is 2.12 bits per heavy atom. The molecule has 0 unspecified atom stereocenters. The summed E-state index contributed by atoms with van der Waals surface area (Å²) in [5.74, 6) is 0.298. The van der Waals surface area contributed by atoms with Crippen molar-refractivity contribution in [1.29, 1.82) is 0 Å². The summed E-state index contributed by atoms with van der Waals surface area (Å²) in [7, 11) is 1.68. The molecule has 2 aromatic rings. The minimum Gasteiger partial charge on any atom is -0.508 e. The zero-order valence-corrected chi connectivity index (χ0v) is 9.90. The maximum atomic E-state index is 9.52. The molecule has 0 saturated heterocycles. The van der Waals surface area contributed by atoms with Crippen LogP contribution in [0.1, 0.15) is 25.5 Å². The van der Waals surface area contributed by atoms with E-state index in [0.29, 0.717) is 18.4 Å². The molecule has 0 saturated carbocycles. The Balaban J connectivity index is 2.66. The Morgan fingerprint density at radius 1 is 1.38 bits per heavy atom. The van der Waals surface area contributed by atoms with E-state index in [1.807, 2.05) is 6.07 Å². The molecule has 0 atom stereocenters. The summed E-state index contributed by atoms with van der Waals surface area (Å²) in [5, 5.41) is 10.6. The minimum absolute atomic E-state index is 0.298. The van der Waals surface area contributed by atoms with Gasteiger partial charge in [-0.2, -0.15) is 0 Å². The summed E-state index contributed by atoms with van der Waals surface area (Å²) in [5.41, 5.74) is 2.25. The van der Waals surface area contributed by atoms with E-state index in [4.69, 9.17) is 4.74 Å². The molecule has 1 N–H and O–H groups in total. The van der Waals surface area contributed by atoms with Gasteiger partial charge in [-0.05, 0) is 32.0 Å². The second-order valence-electron chi connectivity index (χ2n) is 4.29. The van der Waals surface area contributed by atoms with Crippen molar-refractivity contribution in [1.82, 2.24) is 4.57 Å². The maximum absolute atomic E-state index is 9.52. The van der Waals surface area contributed by atoms with Crippen molar-refractivity contribution in [2.75, 3.05) is 7.11 Å². The number of methoxy groups -OCH3 is 1. The summed E-state index contributed by atoms with van der Waals surface area (Å²) >= 11 is 0. The maximum Gasteiger partial charge on any atom is 0.116 e. The van der Waals surface area contributed by atoms with Crippen molar-refractivity contribution in [3.63, 3.8) is 0 Å². The first-order chi connectivity index (χ1) is 7.63. The van der Waals surface area contributed by atoms with Crippen LogP contribution in [0.25, 0.3) is 10.9 Å². The molecule has 1 aromatic heterocycles. The van der Waals surface area contributed by atoms with E-state index in [1.54, 1.807) is 19.2 Å². The van der Waals surface area contributed by atoms with Gasteiger partial charge in [0.15, 0.2) is 0 Å². The van der Waals surface area contributed by atoms with Crippen LogP contribution in [-0.4, -0.2) is 16.8 Å². The van der Waals surface area contributed by atoms with E-state index in [1.165, 1.54) is 0 Å². The molecule has 3 heteroatoms. The van der Waals surface area contributed by atoms with Crippen LogP contribution in [0.15, 0.2) is 24.4 Å². The largest absolute Gasteiger partial charge is 0.508 e. The minimum atomic E-state index is 0.298. The van der Waals surface area contributed by atoms with Gasteiger partial charge >= 0.3 is 0 Å². The lowest BCUT2D eigenvalue weighted by molar-refractivity contribution is 0.185. The number of fused-ring (bicyclic) bond motifs is 1. The van der Waals surface area contributed by atoms with Crippen LogP contribution in [0.3, 0.4) is 0 Å². The quantitative estimate of drug-likeness (QED) is 0.860. The fraction of sp³-hybridized carbons (Fsp3) is 0.385. The summed E-state index contributed by atoms with van der Waals surface area (Å²) in [6, 6.07) is 5.86. The zero-order valence-electron chi connectivity index (χ0n) is 9.90. The number of hydrogen-bond acceptors (Lipinski definition) is 2. The molecule has 16 heavy (non-hydrogen) atoms. The van der Waals surface area contributed by atoms with Gasteiger partial charge in [0.1, 0.15) is 5.75 Å². The SMILES string of the molecule is COCc1cn(C(C)C)c2ccc(O)cc12. The van der Waals surface area contributed by atoms with E-state index < -0.39 is 0 Å². The first-order valence-electron chi connectivity index (χ1n) is 5.45. The molecule has 0 spiro atoms. The Bertz CT molecular complexity index is 500. The number of phenolic OH excluding ortho intramolecular Hbond substituents is 1.